The molecule has 0 saturated heterocycles. The van der Waals surface area contributed by atoms with Gasteiger partial charge in [0.1, 0.15) is 0 Å². The molecule has 32 heavy (non-hydrogen) atoms. The molecule has 2 heteroatoms. The fourth-order valence-electron chi connectivity index (χ4n) is 4.37. The van der Waals surface area contributed by atoms with Gasteiger partial charge >= 0.3 is 0 Å². The third-order valence-electron chi connectivity index (χ3n) is 6.05. The van der Waals surface area contributed by atoms with E-state index in [1.165, 1.54) is 0 Å². The average molecular weight is 415 g/mol. The number of ketones is 2. The Morgan fingerprint density at radius 2 is 1.09 bits per heavy atom. The van der Waals surface area contributed by atoms with Crippen LogP contribution < -0.4 is 0 Å². The van der Waals surface area contributed by atoms with Gasteiger partial charge in [-0.3, -0.25) is 9.59 Å². The molecule has 0 atom stereocenters. The van der Waals surface area contributed by atoms with Crippen LogP contribution in [-0.2, 0) is 0 Å². The lowest BCUT2D eigenvalue weighted by atomic mass is 9.90. The van der Waals surface area contributed by atoms with Gasteiger partial charge in [-0.25, -0.2) is 0 Å². The zero-order chi connectivity index (χ0) is 22.2. The molecule has 5 rings (SSSR count). The molecule has 0 saturated carbocycles. The summed E-state index contributed by atoms with van der Waals surface area (Å²) in [7, 11) is 0. The summed E-state index contributed by atoms with van der Waals surface area (Å²) in [5.41, 5.74) is 7.70. The van der Waals surface area contributed by atoms with Gasteiger partial charge in [-0.05, 0) is 53.3 Å². The van der Waals surface area contributed by atoms with Crippen molar-refractivity contribution in [1.29, 1.82) is 0 Å². The van der Waals surface area contributed by atoms with E-state index in [1.54, 1.807) is 6.08 Å². The number of allylic oxidation sites excluding steroid dienone is 1. The summed E-state index contributed by atoms with van der Waals surface area (Å²) in [5.74, 6) is -0.412. The maximum Gasteiger partial charge on any atom is 0.198 e. The van der Waals surface area contributed by atoms with E-state index in [-0.39, 0.29) is 17.1 Å². The van der Waals surface area contributed by atoms with E-state index in [0.717, 1.165) is 38.9 Å². The van der Waals surface area contributed by atoms with Crippen molar-refractivity contribution in [2.75, 3.05) is 0 Å². The predicted octanol–water partition coefficient (Wildman–Crippen LogP) is 7.10. The van der Waals surface area contributed by atoms with Gasteiger partial charge in [0, 0.05) is 11.1 Å². The molecule has 4 aromatic rings. The fraction of sp³-hybridized carbons (Fsp3) is 0.0667. The van der Waals surface area contributed by atoms with Gasteiger partial charge in [0.2, 0.25) is 0 Å². The molecular formula is C30H22O2. The molecule has 154 valence electrons. The predicted molar refractivity (Wildman–Crippen MR) is 130 cm³/mol. The zero-order valence-electron chi connectivity index (χ0n) is 18.1. The molecule has 0 unspecified atom stereocenters. The highest BCUT2D eigenvalue weighted by Crippen LogP contribution is 2.41. The first-order chi connectivity index (χ1) is 15.5. The maximum absolute atomic E-state index is 13.7. The van der Waals surface area contributed by atoms with Crippen LogP contribution >= 0.6 is 0 Å². The number of hydrogen-bond acceptors (Lipinski definition) is 2. The normalized spacial score (nSPS) is 12.8. The van der Waals surface area contributed by atoms with Crippen molar-refractivity contribution >= 4 is 17.6 Å². The van der Waals surface area contributed by atoms with Crippen LogP contribution in [0.3, 0.4) is 0 Å². The van der Waals surface area contributed by atoms with Gasteiger partial charge < -0.3 is 0 Å². The van der Waals surface area contributed by atoms with Crippen molar-refractivity contribution in [3.63, 3.8) is 0 Å². The van der Waals surface area contributed by atoms with Gasteiger partial charge in [0.25, 0.3) is 0 Å². The Hall–Kier alpha value is -4.04. The standard InChI is InChI=1S/C30H22O2/c1-19-13-14-20(2)23(17-19)18-26-29(31)27-24(21-9-5-3-6-10-21)15-16-25(28(27)30(26)32)22-11-7-4-8-12-22/h3-18H,1-2H3. The van der Waals surface area contributed by atoms with Crippen molar-refractivity contribution in [3.8, 4) is 22.3 Å². The van der Waals surface area contributed by atoms with E-state index in [0.29, 0.717) is 11.1 Å². The molecule has 0 heterocycles. The molecule has 4 aromatic carbocycles. The van der Waals surface area contributed by atoms with Crippen molar-refractivity contribution in [3.05, 3.63) is 124 Å². The summed E-state index contributed by atoms with van der Waals surface area (Å²) in [6, 6.07) is 29.6. The number of carbonyl (C=O) groups is 2. The SMILES string of the molecule is Cc1ccc(C)c(C=C2C(=O)c3c(-c4ccccc4)ccc(-c4ccccc4)c3C2=O)c1. The number of carbonyl (C=O) groups excluding carboxylic acids is 2. The minimum atomic E-state index is -0.206. The summed E-state index contributed by atoms with van der Waals surface area (Å²) < 4.78 is 0. The summed E-state index contributed by atoms with van der Waals surface area (Å²) in [6.45, 7) is 4.00. The van der Waals surface area contributed by atoms with Crippen LogP contribution in [0.15, 0.2) is 96.6 Å². The van der Waals surface area contributed by atoms with E-state index in [1.807, 2.05) is 105 Å². The van der Waals surface area contributed by atoms with Crippen molar-refractivity contribution in [1.82, 2.24) is 0 Å². The molecule has 0 spiro atoms. The second kappa shape index (κ2) is 7.90. The Morgan fingerprint density at radius 1 is 0.594 bits per heavy atom. The number of hydrogen-bond donors (Lipinski definition) is 0. The van der Waals surface area contributed by atoms with Gasteiger partial charge in [-0.15, -0.1) is 0 Å². The van der Waals surface area contributed by atoms with Gasteiger partial charge in [0.15, 0.2) is 11.6 Å². The van der Waals surface area contributed by atoms with Gasteiger partial charge in [-0.2, -0.15) is 0 Å². The Morgan fingerprint density at radius 3 is 1.59 bits per heavy atom. The Labute approximate surface area is 187 Å². The molecule has 1 aliphatic carbocycles. The number of aryl methyl sites for hydroxylation is 2. The lowest BCUT2D eigenvalue weighted by Gasteiger charge is -2.12. The van der Waals surface area contributed by atoms with E-state index >= 15 is 0 Å². The topological polar surface area (TPSA) is 34.1 Å². The number of benzene rings is 4. The molecule has 2 nitrogen and oxygen atoms in total. The molecule has 0 N–H and O–H groups in total. The summed E-state index contributed by atoms with van der Waals surface area (Å²) >= 11 is 0. The lowest BCUT2D eigenvalue weighted by Crippen LogP contribution is -2.01. The van der Waals surface area contributed by atoms with Crippen LogP contribution in [-0.4, -0.2) is 11.6 Å². The number of fused-ring (bicyclic) bond motifs is 1. The first kappa shape index (κ1) is 19.9. The summed E-state index contributed by atoms with van der Waals surface area (Å²) in [4.78, 5) is 27.4. The van der Waals surface area contributed by atoms with E-state index < -0.39 is 0 Å². The Bertz CT molecular complexity index is 1310. The number of rotatable bonds is 3. The summed E-state index contributed by atoms with van der Waals surface area (Å²) in [5, 5.41) is 0. The molecule has 1 aliphatic rings. The molecule has 0 aliphatic heterocycles. The maximum atomic E-state index is 13.7. The second-order valence-electron chi connectivity index (χ2n) is 8.22. The molecule has 0 aromatic heterocycles. The van der Waals surface area contributed by atoms with E-state index in [2.05, 4.69) is 0 Å². The first-order valence-electron chi connectivity index (χ1n) is 10.7. The highest BCUT2D eigenvalue weighted by atomic mass is 16.2. The quantitative estimate of drug-likeness (QED) is 0.265. The van der Waals surface area contributed by atoms with Gasteiger partial charge in [-0.1, -0.05) is 96.6 Å². The molecular weight excluding hydrogens is 392 g/mol. The van der Waals surface area contributed by atoms with Crippen molar-refractivity contribution < 1.29 is 9.59 Å². The molecule has 0 fully saturated rings. The molecule has 0 amide bonds. The van der Waals surface area contributed by atoms with E-state index in [4.69, 9.17) is 0 Å². The van der Waals surface area contributed by atoms with Gasteiger partial charge in [0.05, 0.1) is 5.57 Å². The average Bonchev–Trinajstić information content (AvgIpc) is 3.07. The first-order valence-corrected chi connectivity index (χ1v) is 10.7. The second-order valence-corrected chi connectivity index (χ2v) is 8.22. The van der Waals surface area contributed by atoms with Crippen LogP contribution in [0.25, 0.3) is 28.3 Å². The van der Waals surface area contributed by atoms with Crippen molar-refractivity contribution in [2.45, 2.75) is 13.8 Å². The highest BCUT2D eigenvalue weighted by molar-refractivity contribution is 6.44. The fourth-order valence-corrected chi connectivity index (χ4v) is 4.37. The zero-order valence-corrected chi connectivity index (χ0v) is 18.1. The van der Waals surface area contributed by atoms with Crippen molar-refractivity contribution in [2.24, 2.45) is 0 Å². The third kappa shape index (κ3) is 3.30. The molecule has 0 bridgehead atoms. The lowest BCUT2D eigenvalue weighted by molar-refractivity contribution is 0.0991. The third-order valence-corrected chi connectivity index (χ3v) is 6.05. The molecule has 0 radical (unpaired) electrons. The highest BCUT2D eigenvalue weighted by Gasteiger charge is 2.37. The minimum absolute atomic E-state index is 0.206. The van der Waals surface area contributed by atoms with Crippen LogP contribution in [0.2, 0.25) is 0 Å². The summed E-state index contributed by atoms with van der Waals surface area (Å²) in [6.07, 6.45) is 1.76. The van der Waals surface area contributed by atoms with Crippen LogP contribution in [0.1, 0.15) is 37.4 Å². The van der Waals surface area contributed by atoms with Crippen LogP contribution in [0.5, 0.6) is 0 Å². The Kier molecular flexibility index (Phi) is 4.91. The largest absolute Gasteiger partial charge is 0.288 e. The smallest absolute Gasteiger partial charge is 0.198 e. The van der Waals surface area contributed by atoms with Crippen LogP contribution in [0.4, 0.5) is 0 Å². The number of Topliss-reactive ketones (excluding diaryl/α,β-unsaturated/α-hetero) is 2. The Balaban J connectivity index is 1.77. The van der Waals surface area contributed by atoms with E-state index in [9.17, 15) is 9.59 Å². The van der Waals surface area contributed by atoms with Crippen LogP contribution in [0, 0.1) is 13.8 Å². The monoisotopic (exact) mass is 414 g/mol. The minimum Gasteiger partial charge on any atom is -0.288 e.